The van der Waals surface area contributed by atoms with Gasteiger partial charge in [-0.25, -0.2) is 0 Å². The minimum Gasteiger partial charge on any atom is -0.438 e. The number of fused-ring (bicyclic) bond motifs is 1. The third-order valence-electron chi connectivity index (χ3n) is 4.74. The quantitative estimate of drug-likeness (QED) is 0.169. The molecule has 0 aliphatic carbocycles. The van der Waals surface area contributed by atoms with E-state index in [0.29, 0.717) is 10.7 Å². The van der Waals surface area contributed by atoms with Gasteiger partial charge in [-0.1, -0.05) is 45.7 Å². The normalized spacial score (nSPS) is 13.7. The molecule has 3 aromatic rings. The van der Waals surface area contributed by atoms with Crippen LogP contribution in [0.2, 0.25) is 5.02 Å². The van der Waals surface area contributed by atoms with Crippen LogP contribution in [-0.4, -0.2) is 29.7 Å². The standard InChI is InChI=1S/C24H24BrClNO6PS/c1-24(2,3)23(29)32-15-33-34(30,31)13-22(28)27(11-10-16-6-4-5-7-19(16)25)20-14-35-21-9-8-17(26)12-18(20)21/h4-12,14H,13,15H2,1-3H3,(H,30,31)/b11-10+. The Balaban J connectivity index is 1.86. The van der Waals surface area contributed by atoms with Crippen molar-refractivity contribution in [2.45, 2.75) is 20.8 Å². The lowest BCUT2D eigenvalue weighted by Gasteiger charge is -2.21. The van der Waals surface area contributed by atoms with E-state index in [2.05, 4.69) is 15.9 Å². The summed E-state index contributed by atoms with van der Waals surface area (Å²) in [4.78, 5) is 36.7. The molecule has 2 aromatic carbocycles. The van der Waals surface area contributed by atoms with Crippen molar-refractivity contribution in [3.63, 3.8) is 0 Å². The molecule has 0 bridgehead atoms. The second-order valence-electron chi connectivity index (χ2n) is 8.59. The average Bonchev–Trinajstić information content (AvgIpc) is 3.16. The molecule has 1 aromatic heterocycles. The lowest BCUT2D eigenvalue weighted by atomic mass is 9.98. The summed E-state index contributed by atoms with van der Waals surface area (Å²) in [6, 6.07) is 12.8. The number of rotatable bonds is 8. The zero-order chi connectivity index (χ0) is 25.8. The van der Waals surface area contributed by atoms with E-state index in [1.54, 1.807) is 44.4 Å². The Morgan fingerprint density at radius 3 is 2.63 bits per heavy atom. The monoisotopic (exact) mass is 599 g/mol. The maximum Gasteiger partial charge on any atom is 0.340 e. The van der Waals surface area contributed by atoms with Gasteiger partial charge in [0.2, 0.25) is 12.7 Å². The highest BCUT2D eigenvalue weighted by molar-refractivity contribution is 9.10. The van der Waals surface area contributed by atoms with Gasteiger partial charge in [-0.05, 0) is 56.7 Å². The van der Waals surface area contributed by atoms with E-state index in [9.17, 15) is 19.0 Å². The third kappa shape index (κ3) is 7.49. The van der Waals surface area contributed by atoms with Crippen molar-refractivity contribution in [3.8, 4) is 0 Å². The Kier molecular flexibility index (Phi) is 8.96. The molecule has 1 amide bonds. The van der Waals surface area contributed by atoms with Crippen LogP contribution in [0.3, 0.4) is 0 Å². The molecule has 11 heteroatoms. The third-order valence-corrected chi connectivity index (χ3v) is 7.83. The first-order chi connectivity index (χ1) is 16.4. The molecule has 1 N–H and O–H groups in total. The fraction of sp³-hybridized carbons (Fsp3) is 0.250. The fourth-order valence-corrected chi connectivity index (χ4v) is 5.22. The molecule has 35 heavy (non-hydrogen) atoms. The molecular weight excluding hydrogens is 577 g/mol. The van der Waals surface area contributed by atoms with Crippen molar-refractivity contribution in [2.24, 2.45) is 5.41 Å². The first-order valence-electron chi connectivity index (χ1n) is 10.4. The summed E-state index contributed by atoms with van der Waals surface area (Å²) < 4.78 is 24.1. The van der Waals surface area contributed by atoms with Crippen LogP contribution in [0.1, 0.15) is 26.3 Å². The number of nitrogens with zero attached hydrogens (tertiary/aromatic N) is 1. The van der Waals surface area contributed by atoms with E-state index in [1.807, 2.05) is 30.3 Å². The molecule has 0 radical (unpaired) electrons. The summed E-state index contributed by atoms with van der Waals surface area (Å²) in [5.74, 6) is -1.27. The van der Waals surface area contributed by atoms with Crippen molar-refractivity contribution in [3.05, 3.63) is 69.1 Å². The lowest BCUT2D eigenvalue weighted by molar-refractivity contribution is -0.159. The van der Waals surface area contributed by atoms with Crippen molar-refractivity contribution in [1.82, 2.24) is 0 Å². The van der Waals surface area contributed by atoms with Crippen LogP contribution in [0.5, 0.6) is 0 Å². The van der Waals surface area contributed by atoms with Gasteiger partial charge in [0.15, 0.2) is 0 Å². The van der Waals surface area contributed by atoms with E-state index in [1.165, 1.54) is 22.4 Å². The average molecular weight is 601 g/mol. The van der Waals surface area contributed by atoms with Gasteiger partial charge in [0, 0.05) is 31.2 Å². The Labute approximate surface area is 221 Å². The topological polar surface area (TPSA) is 93.1 Å². The Bertz CT molecular complexity index is 1320. The Morgan fingerprint density at radius 1 is 1.23 bits per heavy atom. The first-order valence-corrected chi connectivity index (χ1v) is 14.2. The predicted octanol–water partition coefficient (Wildman–Crippen LogP) is 7.07. The second kappa shape index (κ2) is 11.4. The molecule has 1 heterocycles. The summed E-state index contributed by atoms with van der Waals surface area (Å²) in [6.45, 7) is 4.19. The number of hydrogen-bond donors (Lipinski definition) is 1. The largest absolute Gasteiger partial charge is 0.438 e. The number of ether oxygens (including phenoxy) is 1. The number of halogens is 2. The van der Waals surface area contributed by atoms with Crippen LogP contribution in [0.25, 0.3) is 16.2 Å². The van der Waals surface area contributed by atoms with Crippen LogP contribution >= 0.6 is 46.5 Å². The second-order valence-corrected chi connectivity index (χ2v) is 12.6. The van der Waals surface area contributed by atoms with Crippen molar-refractivity contribution >= 4 is 80.2 Å². The smallest absolute Gasteiger partial charge is 0.340 e. The summed E-state index contributed by atoms with van der Waals surface area (Å²) in [7, 11) is -4.42. The number of carbonyl (C=O) groups is 2. The summed E-state index contributed by atoms with van der Waals surface area (Å²) in [5.41, 5.74) is 0.521. The van der Waals surface area contributed by atoms with Crippen molar-refractivity contribution < 1.29 is 28.3 Å². The summed E-state index contributed by atoms with van der Waals surface area (Å²) in [5, 5.41) is 2.99. The van der Waals surface area contributed by atoms with Crippen LogP contribution in [0.15, 0.2) is 58.5 Å². The molecular formula is C24H24BrClNO6PS. The molecule has 3 rings (SSSR count). The summed E-state index contributed by atoms with van der Waals surface area (Å²) >= 11 is 11.1. The van der Waals surface area contributed by atoms with Crippen LogP contribution in [-0.2, 0) is 23.4 Å². The number of carbonyl (C=O) groups excluding carboxylic acids is 2. The lowest BCUT2D eigenvalue weighted by Crippen LogP contribution is -2.28. The zero-order valence-electron chi connectivity index (χ0n) is 19.2. The zero-order valence-corrected chi connectivity index (χ0v) is 23.3. The molecule has 1 atom stereocenters. The predicted molar refractivity (Wildman–Crippen MR) is 144 cm³/mol. The molecule has 7 nitrogen and oxygen atoms in total. The molecule has 0 aliphatic heterocycles. The first kappa shape index (κ1) is 27.6. The highest BCUT2D eigenvalue weighted by Gasteiger charge is 2.30. The van der Waals surface area contributed by atoms with Gasteiger partial charge < -0.3 is 9.63 Å². The number of amides is 1. The van der Waals surface area contributed by atoms with Crippen molar-refractivity contribution in [2.75, 3.05) is 17.9 Å². The van der Waals surface area contributed by atoms with Gasteiger partial charge in [-0.2, -0.15) is 0 Å². The number of esters is 1. The van der Waals surface area contributed by atoms with Crippen LogP contribution < -0.4 is 4.90 Å². The molecule has 0 saturated heterocycles. The number of benzene rings is 2. The van der Waals surface area contributed by atoms with E-state index < -0.39 is 37.8 Å². The Morgan fingerprint density at radius 2 is 1.94 bits per heavy atom. The fourth-order valence-electron chi connectivity index (χ4n) is 2.91. The maximum absolute atomic E-state index is 13.3. The molecule has 0 fully saturated rings. The molecule has 0 spiro atoms. The van der Waals surface area contributed by atoms with Gasteiger partial charge in [0.05, 0.1) is 11.1 Å². The number of anilines is 1. The Hall–Kier alpha value is -2.00. The van der Waals surface area contributed by atoms with Gasteiger partial charge in [-0.15, -0.1) is 11.3 Å². The molecule has 186 valence electrons. The number of thiophene rings is 1. The van der Waals surface area contributed by atoms with Crippen LogP contribution in [0.4, 0.5) is 5.69 Å². The van der Waals surface area contributed by atoms with Gasteiger partial charge in [-0.3, -0.25) is 23.6 Å². The van der Waals surface area contributed by atoms with E-state index in [0.717, 1.165) is 20.1 Å². The van der Waals surface area contributed by atoms with Gasteiger partial charge in [0.1, 0.15) is 6.16 Å². The highest BCUT2D eigenvalue weighted by Crippen LogP contribution is 2.43. The van der Waals surface area contributed by atoms with E-state index in [4.69, 9.17) is 20.9 Å². The SMILES string of the molecule is CC(C)(C)C(=O)OCOP(=O)(O)CC(=O)N(/C=C/c1ccccc1Br)c1csc2ccc(Cl)cc12. The minimum atomic E-state index is -4.42. The highest BCUT2D eigenvalue weighted by atomic mass is 79.9. The van der Waals surface area contributed by atoms with Crippen LogP contribution in [0, 0.1) is 5.41 Å². The van der Waals surface area contributed by atoms with Crippen molar-refractivity contribution in [1.29, 1.82) is 0 Å². The minimum absolute atomic E-state index is 0.496. The molecule has 0 aliphatic rings. The van der Waals surface area contributed by atoms with E-state index in [-0.39, 0.29) is 0 Å². The van der Waals surface area contributed by atoms with Gasteiger partial charge in [0.25, 0.3) is 0 Å². The molecule has 0 saturated carbocycles. The summed E-state index contributed by atoms with van der Waals surface area (Å²) in [6.07, 6.45) is 2.42. The number of hydrogen-bond acceptors (Lipinski definition) is 6. The van der Waals surface area contributed by atoms with E-state index >= 15 is 0 Å². The maximum atomic E-state index is 13.3. The van der Waals surface area contributed by atoms with Gasteiger partial charge >= 0.3 is 13.6 Å². The molecule has 1 unspecified atom stereocenters.